The maximum atomic E-state index is 14.2. The average molecular weight is 340 g/mol. The molecule has 0 bridgehead atoms. The first-order valence-corrected chi connectivity index (χ1v) is 7.22. The molecule has 0 fully saturated rings. The Kier molecular flexibility index (Phi) is 3.78. The van der Waals surface area contributed by atoms with Gasteiger partial charge in [-0.2, -0.15) is 0 Å². The minimum absolute atomic E-state index is 0.0511. The zero-order chi connectivity index (χ0) is 16.6. The van der Waals surface area contributed by atoms with Crippen LogP contribution in [0.3, 0.4) is 0 Å². The summed E-state index contributed by atoms with van der Waals surface area (Å²) in [6.07, 6.45) is -2.17. The molecule has 1 aliphatic heterocycles. The number of H-pyrrole nitrogens is 1. The maximum Gasteiger partial charge on any atom is 0.439 e. The van der Waals surface area contributed by atoms with Crippen molar-refractivity contribution in [2.24, 2.45) is 5.73 Å². The summed E-state index contributed by atoms with van der Waals surface area (Å²) in [6.45, 7) is 0. The standard InChI is InChI=1S/C12H9FN4O5S/c13-5-2-8-6(1-4(5)9-16-12(20)22-17-9)15-10(18)7(3-23-8)21-11(14)19/h1-2,7H,3H2,(H2,14,19)(H,15,18)(H,16,17,20)/t7-/m0/s1. The molecule has 1 aromatic heterocycles. The van der Waals surface area contributed by atoms with Crippen LogP contribution in [0.15, 0.2) is 26.3 Å². The number of nitrogens with two attached hydrogens (primary N) is 1. The molecule has 3 rings (SSSR count). The number of nitrogens with one attached hydrogen (secondary N) is 2. The number of amides is 2. The first kappa shape index (κ1) is 15.1. The molecule has 120 valence electrons. The van der Waals surface area contributed by atoms with Crippen LogP contribution in [-0.4, -0.2) is 34.0 Å². The highest BCUT2D eigenvalue weighted by molar-refractivity contribution is 7.99. The van der Waals surface area contributed by atoms with Crippen molar-refractivity contribution in [1.29, 1.82) is 0 Å². The Labute approximate surface area is 131 Å². The van der Waals surface area contributed by atoms with Crippen molar-refractivity contribution in [2.45, 2.75) is 11.0 Å². The summed E-state index contributed by atoms with van der Waals surface area (Å²) < 4.78 is 23.2. The Morgan fingerprint density at radius 3 is 2.91 bits per heavy atom. The van der Waals surface area contributed by atoms with E-state index in [0.29, 0.717) is 4.90 Å². The summed E-state index contributed by atoms with van der Waals surface area (Å²) in [4.78, 5) is 36.4. The molecule has 2 aromatic rings. The molecule has 0 saturated carbocycles. The number of halogens is 1. The third-order valence-electron chi connectivity index (χ3n) is 2.96. The summed E-state index contributed by atoms with van der Waals surface area (Å²) in [5.74, 6) is -2.11. The van der Waals surface area contributed by atoms with Gasteiger partial charge in [0.15, 0.2) is 11.9 Å². The molecule has 2 heterocycles. The second-order valence-electron chi connectivity index (χ2n) is 4.50. The summed E-state index contributed by atoms with van der Waals surface area (Å²) in [5, 5.41) is 5.92. The molecule has 1 aliphatic rings. The number of anilines is 1. The highest BCUT2D eigenvalue weighted by Gasteiger charge is 2.28. The summed E-state index contributed by atoms with van der Waals surface area (Å²) >= 11 is 1.11. The molecule has 2 amide bonds. The molecule has 23 heavy (non-hydrogen) atoms. The Balaban J connectivity index is 1.97. The molecule has 11 heteroatoms. The van der Waals surface area contributed by atoms with E-state index in [4.69, 9.17) is 10.5 Å². The van der Waals surface area contributed by atoms with Crippen LogP contribution in [-0.2, 0) is 9.53 Å². The lowest BCUT2D eigenvalue weighted by atomic mass is 10.1. The van der Waals surface area contributed by atoms with Crippen LogP contribution in [0.4, 0.5) is 14.9 Å². The predicted octanol–water partition coefficient (Wildman–Crippen LogP) is 0.677. The van der Waals surface area contributed by atoms with Crippen molar-refractivity contribution in [2.75, 3.05) is 11.1 Å². The second-order valence-corrected chi connectivity index (χ2v) is 5.56. The van der Waals surface area contributed by atoms with Gasteiger partial charge in [-0.15, -0.1) is 11.8 Å². The predicted molar refractivity (Wildman–Crippen MR) is 76.3 cm³/mol. The molecular weight excluding hydrogens is 331 g/mol. The largest absolute Gasteiger partial charge is 0.439 e. The Morgan fingerprint density at radius 2 is 2.26 bits per heavy atom. The number of aromatic nitrogens is 2. The van der Waals surface area contributed by atoms with E-state index in [0.717, 1.165) is 11.8 Å². The van der Waals surface area contributed by atoms with Crippen LogP contribution >= 0.6 is 11.8 Å². The van der Waals surface area contributed by atoms with Crippen LogP contribution < -0.4 is 16.8 Å². The first-order chi connectivity index (χ1) is 10.9. The molecule has 0 saturated heterocycles. The fourth-order valence-corrected chi connectivity index (χ4v) is 2.98. The van der Waals surface area contributed by atoms with Crippen molar-refractivity contribution in [3.8, 4) is 11.4 Å². The monoisotopic (exact) mass is 340 g/mol. The number of thioether (sulfide) groups is 1. The zero-order valence-corrected chi connectivity index (χ0v) is 12.1. The highest BCUT2D eigenvalue weighted by atomic mass is 32.2. The van der Waals surface area contributed by atoms with E-state index in [2.05, 4.69) is 20.0 Å². The van der Waals surface area contributed by atoms with Crippen molar-refractivity contribution < 1.29 is 23.2 Å². The molecule has 0 unspecified atom stereocenters. The Bertz CT molecular complexity index is 848. The van der Waals surface area contributed by atoms with E-state index in [-0.39, 0.29) is 22.8 Å². The molecule has 4 N–H and O–H groups in total. The lowest BCUT2D eigenvalue weighted by Gasteiger charge is -2.11. The van der Waals surface area contributed by atoms with Crippen molar-refractivity contribution in [3.63, 3.8) is 0 Å². The zero-order valence-electron chi connectivity index (χ0n) is 11.3. The van der Waals surface area contributed by atoms with Crippen LogP contribution in [0.5, 0.6) is 0 Å². The van der Waals surface area contributed by atoms with Crippen LogP contribution in [0.25, 0.3) is 11.4 Å². The summed E-state index contributed by atoms with van der Waals surface area (Å²) in [7, 11) is 0. The van der Waals surface area contributed by atoms with Gasteiger partial charge in [0.25, 0.3) is 5.91 Å². The number of fused-ring (bicyclic) bond motifs is 1. The normalized spacial score (nSPS) is 17.1. The van der Waals surface area contributed by atoms with Gasteiger partial charge in [0.2, 0.25) is 0 Å². The molecule has 1 aromatic carbocycles. The van der Waals surface area contributed by atoms with E-state index >= 15 is 0 Å². The van der Waals surface area contributed by atoms with E-state index in [1.165, 1.54) is 12.1 Å². The van der Waals surface area contributed by atoms with E-state index in [1.807, 2.05) is 0 Å². The van der Waals surface area contributed by atoms with Gasteiger partial charge >= 0.3 is 11.8 Å². The van der Waals surface area contributed by atoms with Crippen LogP contribution in [0.1, 0.15) is 0 Å². The molecule has 1 atom stereocenters. The smallest absolute Gasteiger partial charge is 0.435 e. The number of carbonyl (C=O) groups excluding carboxylic acids is 2. The van der Waals surface area contributed by atoms with E-state index < -0.39 is 29.7 Å². The first-order valence-electron chi connectivity index (χ1n) is 6.23. The van der Waals surface area contributed by atoms with Gasteiger partial charge in [-0.1, -0.05) is 5.16 Å². The van der Waals surface area contributed by atoms with Gasteiger partial charge in [0, 0.05) is 10.6 Å². The molecule has 9 nitrogen and oxygen atoms in total. The molecular formula is C12H9FN4O5S. The third-order valence-corrected chi connectivity index (χ3v) is 4.08. The number of primary amides is 1. The number of ether oxygens (including phenoxy) is 1. The fourth-order valence-electron chi connectivity index (χ4n) is 1.98. The van der Waals surface area contributed by atoms with E-state index in [9.17, 15) is 18.8 Å². The topological polar surface area (TPSA) is 140 Å². The summed E-state index contributed by atoms with van der Waals surface area (Å²) in [5.41, 5.74) is 5.14. The van der Waals surface area contributed by atoms with Crippen molar-refractivity contribution in [1.82, 2.24) is 10.1 Å². The number of benzene rings is 1. The van der Waals surface area contributed by atoms with Crippen LogP contribution in [0.2, 0.25) is 0 Å². The van der Waals surface area contributed by atoms with Gasteiger partial charge in [0.1, 0.15) is 5.82 Å². The Morgan fingerprint density at radius 1 is 1.48 bits per heavy atom. The number of aromatic amines is 1. The molecule has 0 radical (unpaired) electrons. The van der Waals surface area contributed by atoms with Gasteiger partial charge in [0.05, 0.1) is 11.3 Å². The SMILES string of the molecule is NC(=O)O[C@H]1CSc2cc(F)c(-c3noc(=O)[nH]3)cc2NC1=O. The lowest BCUT2D eigenvalue weighted by Crippen LogP contribution is -2.35. The Hall–Kier alpha value is -2.82. The quantitative estimate of drug-likeness (QED) is 0.730. The third kappa shape index (κ3) is 3.04. The van der Waals surface area contributed by atoms with Crippen molar-refractivity contribution in [3.05, 3.63) is 28.5 Å². The maximum absolute atomic E-state index is 14.2. The van der Waals surface area contributed by atoms with Gasteiger partial charge in [-0.3, -0.25) is 14.3 Å². The minimum atomic E-state index is -1.09. The molecule has 0 aliphatic carbocycles. The second kappa shape index (κ2) is 5.76. The van der Waals surface area contributed by atoms with Gasteiger partial charge in [-0.05, 0) is 12.1 Å². The van der Waals surface area contributed by atoms with Gasteiger partial charge in [-0.25, -0.2) is 14.0 Å². The number of nitrogens with zero attached hydrogens (tertiary/aromatic N) is 1. The number of hydrogen-bond donors (Lipinski definition) is 3. The number of carbonyl (C=O) groups is 2. The lowest BCUT2D eigenvalue weighted by molar-refractivity contribution is -0.123. The average Bonchev–Trinajstić information content (AvgIpc) is 2.85. The summed E-state index contributed by atoms with van der Waals surface area (Å²) in [6, 6.07) is 2.48. The van der Waals surface area contributed by atoms with Gasteiger partial charge < -0.3 is 15.8 Å². The number of hydrogen-bond acceptors (Lipinski definition) is 7. The number of rotatable bonds is 2. The fraction of sp³-hybridized carbons (Fsp3) is 0.167. The van der Waals surface area contributed by atoms with Crippen LogP contribution in [0, 0.1) is 5.82 Å². The van der Waals surface area contributed by atoms with Crippen molar-refractivity contribution >= 4 is 29.4 Å². The van der Waals surface area contributed by atoms with E-state index in [1.54, 1.807) is 0 Å². The minimum Gasteiger partial charge on any atom is -0.435 e. The molecule has 0 spiro atoms. The highest BCUT2D eigenvalue weighted by Crippen LogP contribution is 2.35.